The molecule has 4 rings (SSSR count). The maximum absolute atomic E-state index is 13.6. The molecule has 1 amide bonds. The molecule has 3 heterocycles. The fourth-order valence-electron chi connectivity index (χ4n) is 5.04. The second-order valence-corrected chi connectivity index (χ2v) is 10.4. The summed E-state index contributed by atoms with van der Waals surface area (Å²) in [5.41, 5.74) is 2.12. The van der Waals surface area contributed by atoms with Crippen molar-refractivity contribution in [1.29, 1.82) is 0 Å². The molecular weight excluding hydrogens is 452 g/mol. The summed E-state index contributed by atoms with van der Waals surface area (Å²) in [6, 6.07) is 7.39. The van der Waals surface area contributed by atoms with Crippen LogP contribution in [0.15, 0.2) is 36.7 Å². The maximum Gasteiger partial charge on any atom is 0.259 e. The summed E-state index contributed by atoms with van der Waals surface area (Å²) >= 11 is 0. The van der Waals surface area contributed by atoms with Crippen molar-refractivity contribution < 1.29 is 14.6 Å². The van der Waals surface area contributed by atoms with Gasteiger partial charge in [0.2, 0.25) is 5.88 Å². The van der Waals surface area contributed by atoms with Gasteiger partial charge in [0.1, 0.15) is 11.7 Å². The lowest BCUT2D eigenvalue weighted by Crippen LogP contribution is -2.49. The van der Waals surface area contributed by atoms with E-state index in [0.717, 1.165) is 17.7 Å². The van der Waals surface area contributed by atoms with Gasteiger partial charge in [-0.25, -0.2) is 4.98 Å². The van der Waals surface area contributed by atoms with Crippen LogP contribution in [0.2, 0.25) is 0 Å². The van der Waals surface area contributed by atoms with Crippen LogP contribution in [0, 0.1) is 23.7 Å². The minimum Gasteiger partial charge on any atom is -0.472 e. The van der Waals surface area contributed by atoms with Crippen molar-refractivity contribution in [3.63, 3.8) is 0 Å². The lowest BCUT2D eigenvalue weighted by atomic mass is 9.99. The number of nitrogens with zero attached hydrogens (tertiary/aromatic N) is 4. The standard InChI is InChI=1S/C29H38N4O3/c1-21-17-33(22(2)20-34)29(35)26-15-24(12-8-11-23-9-4-5-10-23)16-31-28(26)36-27(21)19-32(3)18-25-13-6-7-14-30-25/h6-7,13-16,21-23,27,34H,4-5,9-11,17-20H2,1-3H3/t21-,22-,27-/m0/s1. The first-order valence-corrected chi connectivity index (χ1v) is 13.1. The minimum absolute atomic E-state index is 0.0370. The Bertz CT molecular complexity index is 1070. The van der Waals surface area contributed by atoms with Crippen molar-refractivity contribution in [3.8, 4) is 17.7 Å². The number of aliphatic hydroxyl groups excluding tert-OH is 1. The Labute approximate surface area is 214 Å². The SMILES string of the molecule is C[C@H]1CN([C@@H](C)CO)C(=O)c2cc(C#CCC3CCCC3)cnc2O[C@H]1CN(C)Cc1ccccn1. The van der Waals surface area contributed by atoms with Gasteiger partial charge in [0.15, 0.2) is 0 Å². The molecule has 1 aliphatic heterocycles. The van der Waals surface area contributed by atoms with Gasteiger partial charge in [0, 0.05) is 49.9 Å². The van der Waals surface area contributed by atoms with E-state index >= 15 is 0 Å². The minimum atomic E-state index is -0.310. The number of fused-ring (bicyclic) bond motifs is 1. The van der Waals surface area contributed by atoms with Gasteiger partial charge in [0.25, 0.3) is 5.91 Å². The molecule has 1 N–H and O–H groups in total. The van der Waals surface area contributed by atoms with E-state index < -0.39 is 0 Å². The fraction of sp³-hybridized carbons (Fsp3) is 0.552. The van der Waals surface area contributed by atoms with Gasteiger partial charge < -0.3 is 14.7 Å². The van der Waals surface area contributed by atoms with Gasteiger partial charge in [-0.05, 0) is 50.9 Å². The van der Waals surface area contributed by atoms with Crippen LogP contribution in [0.1, 0.15) is 67.6 Å². The third kappa shape index (κ3) is 6.63. The lowest BCUT2D eigenvalue weighted by molar-refractivity contribution is 0.0324. The average molecular weight is 491 g/mol. The van der Waals surface area contributed by atoms with Crippen molar-refractivity contribution in [2.45, 2.75) is 64.6 Å². The lowest BCUT2D eigenvalue weighted by Gasteiger charge is -2.37. The molecule has 0 aromatic carbocycles. The van der Waals surface area contributed by atoms with Crippen molar-refractivity contribution in [3.05, 3.63) is 53.5 Å². The second kappa shape index (κ2) is 12.3. The summed E-state index contributed by atoms with van der Waals surface area (Å²) in [4.78, 5) is 26.5. The van der Waals surface area contributed by atoms with Crippen molar-refractivity contribution in [2.24, 2.45) is 11.8 Å². The molecule has 0 saturated heterocycles. The first-order chi connectivity index (χ1) is 17.4. The molecule has 1 saturated carbocycles. The van der Waals surface area contributed by atoms with E-state index in [1.807, 2.05) is 32.2 Å². The highest BCUT2D eigenvalue weighted by Gasteiger charge is 2.34. The first-order valence-electron chi connectivity index (χ1n) is 13.1. The third-order valence-electron chi connectivity index (χ3n) is 7.27. The largest absolute Gasteiger partial charge is 0.472 e. The molecule has 2 aromatic rings. The fourth-order valence-corrected chi connectivity index (χ4v) is 5.04. The molecule has 0 radical (unpaired) electrons. The van der Waals surface area contributed by atoms with Gasteiger partial charge >= 0.3 is 0 Å². The van der Waals surface area contributed by atoms with Crippen molar-refractivity contribution >= 4 is 5.91 Å². The molecule has 0 spiro atoms. The Morgan fingerprint density at radius 3 is 2.81 bits per heavy atom. The molecule has 3 atom stereocenters. The number of carbonyl (C=O) groups excluding carboxylic acids is 1. The summed E-state index contributed by atoms with van der Waals surface area (Å²) in [6.45, 7) is 5.67. The third-order valence-corrected chi connectivity index (χ3v) is 7.27. The maximum atomic E-state index is 13.6. The van der Waals surface area contributed by atoms with Gasteiger partial charge in [-0.15, -0.1) is 0 Å². The number of rotatable bonds is 7. The molecule has 7 heteroatoms. The monoisotopic (exact) mass is 490 g/mol. The van der Waals surface area contributed by atoms with Crippen LogP contribution in [0.25, 0.3) is 0 Å². The van der Waals surface area contributed by atoms with Crippen LogP contribution in [-0.4, -0.2) is 69.7 Å². The number of ether oxygens (including phenoxy) is 1. The summed E-state index contributed by atoms with van der Waals surface area (Å²) in [5.74, 6) is 7.39. The number of aromatic nitrogens is 2. The topological polar surface area (TPSA) is 78.8 Å². The van der Waals surface area contributed by atoms with E-state index in [1.54, 1.807) is 23.4 Å². The van der Waals surface area contributed by atoms with Gasteiger partial charge in [-0.2, -0.15) is 0 Å². The Hall–Kier alpha value is -2.95. The van der Waals surface area contributed by atoms with Gasteiger partial charge in [-0.1, -0.05) is 37.7 Å². The number of hydrogen-bond acceptors (Lipinski definition) is 6. The van der Waals surface area contributed by atoms with E-state index in [4.69, 9.17) is 4.74 Å². The highest BCUT2D eigenvalue weighted by molar-refractivity contribution is 5.97. The zero-order chi connectivity index (χ0) is 25.5. The zero-order valence-electron chi connectivity index (χ0n) is 21.7. The normalized spacial score (nSPS) is 21.2. The predicted molar refractivity (Wildman–Crippen MR) is 139 cm³/mol. The van der Waals surface area contributed by atoms with Crippen LogP contribution in [0.5, 0.6) is 5.88 Å². The zero-order valence-corrected chi connectivity index (χ0v) is 21.7. The molecule has 2 aromatic heterocycles. The van der Waals surface area contributed by atoms with Crippen LogP contribution in [-0.2, 0) is 6.54 Å². The summed E-state index contributed by atoms with van der Waals surface area (Å²) in [7, 11) is 2.04. The number of carbonyl (C=O) groups is 1. The summed E-state index contributed by atoms with van der Waals surface area (Å²) < 4.78 is 6.40. The Balaban J connectivity index is 1.57. The average Bonchev–Trinajstić information content (AvgIpc) is 3.40. The molecule has 36 heavy (non-hydrogen) atoms. The van der Waals surface area contributed by atoms with Crippen molar-refractivity contribution in [2.75, 3.05) is 26.7 Å². The Morgan fingerprint density at radius 2 is 2.08 bits per heavy atom. The number of aliphatic hydroxyl groups is 1. The van der Waals surface area contributed by atoms with E-state index in [1.165, 1.54) is 25.7 Å². The molecule has 192 valence electrons. The smallest absolute Gasteiger partial charge is 0.259 e. The molecule has 1 aliphatic carbocycles. The van der Waals surface area contributed by atoms with Crippen LogP contribution in [0.3, 0.4) is 0 Å². The van der Waals surface area contributed by atoms with Crippen LogP contribution < -0.4 is 4.74 Å². The molecular formula is C29H38N4O3. The Kier molecular flexibility index (Phi) is 8.95. The van der Waals surface area contributed by atoms with E-state index in [0.29, 0.717) is 37.0 Å². The molecule has 0 bridgehead atoms. The van der Waals surface area contributed by atoms with Gasteiger partial charge in [0.05, 0.1) is 18.3 Å². The van der Waals surface area contributed by atoms with Gasteiger partial charge in [-0.3, -0.25) is 14.7 Å². The van der Waals surface area contributed by atoms with Crippen LogP contribution >= 0.6 is 0 Å². The number of hydrogen-bond donors (Lipinski definition) is 1. The summed E-state index contributed by atoms with van der Waals surface area (Å²) in [5, 5.41) is 9.87. The number of likely N-dealkylation sites (N-methyl/N-ethyl adjacent to an activating group) is 1. The highest BCUT2D eigenvalue weighted by atomic mass is 16.5. The Morgan fingerprint density at radius 1 is 1.28 bits per heavy atom. The van der Waals surface area contributed by atoms with Crippen molar-refractivity contribution in [1.82, 2.24) is 19.8 Å². The highest BCUT2D eigenvalue weighted by Crippen LogP contribution is 2.28. The molecule has 2 aliphatic rings. The summed E-state index contributed by atoms with van der Waals surface area (Å²) in [6.07, 6.45) is 9.31. The van der Waals surface area contributed by atoms with Crippen LogP contribution in [0.4, 0.5) is 0 Å². The predicted octanol–water partition coefficient (Wildman–Crippen LogP) is 3.76. The number of amides is 1. The van der Waals surface area contributed by atoms with E-state index in [2.05, 4.69) is 33.6 Å². The van der Waals surface area contributed by atoms with E-state index in [9.17, 15) is 9.90 Å². The first kappa shape index (κ1) is 26.1. The molecule has 0 unspecified atom stereocenters. The quantitative estimate of drug-likeness (QED) is 0.596. The number of pyridine rings is 2. The molecule has 7 nitrogen and oxygen atoms in total. The van der Waals surface area contributed by atoms with E-state index in [-0.39, 0.29) is 30.6 Å². The molecule has 1 fully saturated rings. The second-order valence-electron chi connectivity index (χ2n) is 10.4.